The molecule has 8 heteroatoms. The predicted octanol–water partition coefficient (Wildman–Crippen LogP) is 2.98. The van der Waals surface area contributed by atoms with Crippen LogP contribution in [-0.2, 0) is 11.2 Å². The highest BCUT2D eigenvalue weighted by atomic mass is 127. The topological polar surface area (TPSA) is 65.9 Å². The molecule has 1 aliphatic heterocycles. The molecule has 1 atom stereocenters. The van der Waals surface area contributed by atoms with Gasteiger partial charge < -0.3 is 20.5 Å². The van der Waals surface area contributed by atoms with Gasteiger partial charge in [0.1, 0.15) is 5.82 Å². The highest BCUT2D eigenvalue weighted by Gasteiger charge is 2.34. The summed E-state index contributed by atoms with van der Waals surface area (Å²) in [6.07, 6.45) is 2.29. The Kier molecular flexibility index (Phi) is 10.7. The first-order valence-corrected chi connectivity index (χ1v) is 9.11. The lowest BCUT2D eigenvalue weighted by Gasteiger charge is -2.24. The quantitative estimate of drug-likeness (QED) is 0.292. The molecular weight excluding hydrogens is 472 g/mol. The molecule has 0 aliphatic carbocycles. The molecule has 1 aromatic rings. The fourth-order valence-corrected chi connectivity index (χ4v) is 3.18. The number of hydrogen-bond donors (Lipinski definition) is 3. The van der Waals surface area contributed by atoms with Crippen LogP contribution in [0.15, 0.2) is 23.2 Å². The maximum atomic E-state index is 13.1. The van der Waals surface area contributed by atoms with Gasteiger partial charge in [0.15, 0.2) is 5.96 Å². The second kappa shape index (κ2) is 11.9. The third kappa shape index (κ3) is 7.17. The van der Waals surface area contributed by atoms with Gasteiger partial charge in [-0.2, -0.15) is 0 Å². The SMILES string of the molecule is CCNC(=NCC1(CCO)CCOC1)NCCc1ccc(F)cc1Cl.I. The molecule has 1 saturated heterocycles. The first-order valence-electron chi connectivity index (χ1n) is 8.73. The van der Waals surface area contributed by atoms with E-state index in [1.807, 2.05) is 6.92 Å². The zero-order valence-corrected chi connectivity index (χ0v) is 18.1. The van der Waals surface area contributed by atoms with E-state index in [-0.39, 0.29) is 41.8 Å². The van der Waals surface area contributed by atoms with E-state index in [0.717, 1.165) is 31.1 Å². The molecule has 0 bridgehead atoms. The lowest BCUT2D eigenvalue weighted by atomic mass is 9.84. The zero-order chi connectivity index (χ0) is 18.1. The molecule has 0 aromatic heterocycles. The van der Waals surface area contributed by atoms with Crippen molar-refractivity contribution >= 4 is 41.5 Å². The van der Waals surface area contributed by atoms with Crippen LogP contribution in [0.5, 0.6) is 0 Å². The highest BCUT2D eigenvalue weighted by molar-refractivity contribution is 14.0. The first-order chi connectivity index (χ1) is 12.1. The van der Waals surface area contributed by atoms with E-state index >= 15 is 0 Å². The van der Waals surface area contributed by atoms with Gasteiger partial charge in [0.2, 0.25) is 0 Å². The molecule has 2 rings (SSSR count). The summed E-state index contributed by atoms with van der Waals surface area (Å²) in [5, 5.41) is 16.2. The summed E-state index contributed by atoms with van der Waals surface area (Å²) in [6.45, 7) is 5.53. The normalized spacial score (nSPS) is 19.9. The standard InChI is InChI=1S/C18H27ClFN3O2.HI/c1-2-21-17(23-12-18(6-9-24)7-10-25-13-18)22-8-5-14-3-4-15(20)11-16(14)19;/h3-4,11,24H,2,5-10,12-13H2,1H3,(H2,21,22,23);1H. The van der Waals surface area contributed by atoms with Crippen molar-refractivity contribution in [2.75, 3.05) is 39.5 Å². The van der Waals surface area contributed by atoms with Crippen molar-refractivity contribution < 1.29 is 14.2 Å². The van der Waals surface area contributed by atoms with Crippen LogP contribution in [0, 0.1) is 11.2 Å². The molecule has 1 aromatic carbocycles. The van der Waals surface area contributed by atoms with Gasteiger partial charge in [-0.05, 0) is 43.9 Å². The van der Waals surface area contributed by atoms with E-state index in [4.69, 9.17) is 16.3 Å². The maximum Gasteiger partial charge on any atom is 0.191 e. The van der Waals surface area contributed by atoms with Crippen molar-refractivity contribution in [1.82, 2.24) is 10.6 Å². The van der Waals surface area contributed by atoms with Gasteiger partial charge in [0.05, 0.1) is 13.2 Å². The number of nitrogens with zero attached hydrogens (tertiary/aromatic N) is 1. The molecule has 1 unspecified atom stereocenters. The van der Waals surface area contributed by atoms with Gasteiger partial charge in [-0.25, -0.2) is 4.39 Å². The van der Waals surface area contributed by atoms with Crippen LogP contribution < -0.4 is 10.6 Å². The van der Waals surface area contributed by atoms with E-state index in [0.29, 0.717) is 37.6 Å². The number of guanidine groups is 1. The Morgan fingerprint density at radius 1 is 1.42 bits per heavy atom. The predicted molar refractivity (Wildman–Crippen MR) is 114 cm³/mol. The van der Waals surface area contributed by atoms with Crippen molar-refractivity contribution in [1.29, 1.82) is 0 Å². The van der Waals surface area contributed by atoms with E-state index in [1.54, 1.807) is 6.07 Å². The Morgan fingerprint density at radius 2 is 2.23 bits per heavy atom. The Labute approximate surface area is 176 Å². The minimum Gasteiger partial charge on any atom is -0.396 e. The van der Waals surface area contributed by atoms with Gasteiger partial charge in [0, 0.05) is 36.7 Å². The molecule has 1 heterocycles. The molecule has 3 N–H and O–H groups in total. The molecule has 0 saturated carbocycles. The monoisotopic (exact) mass is 499 g/mol. The summed E-state index contributed by atoms with van der Waals surface area (Å²) < 4.78 is 18.6. The number of halogens is 3. The van der Waals surface area contributed by atoms with E-state index < -0.39 is 0 Å². The largest absolute Gasteiger partial charge is 0.396 e. The lowest BCUT2D eigenvalue weighted by molar-refractivity contribution is 0.131. The fraction of sp³-hybridized carbons (Fsp3) is 0.611. The van der Waals surface area contributed by atoms with Crippen molar-refractivity contribution in [3.05, 3.63) is 34.6 Å². The summed E-state index contributed by atoms with van der Waals surface area (Å²) in [7, 11) is 0. The average molecular weight is 500 g/mol. The van der Waals surface area contributed by atoms with E-state index in [2.05, 4.69) is 15.6 Å². The Morgan fingerprint density at radius 3 is 2.85 bits per heavy atom. The minimum atomic E-state index is -0.329. The van der Waals surface area contributed by atoms with Crippen LogP contribution in [0.2, 0.25) is 5.02 Å². The second-order valence-corrected chi connectivity index (χ2v) is 6.79. The van der Waals surface area contributed by atoms with Crippen LogP contribution in [-0.4, -0.2) is 50.5 Å². The van der Waals surface area contributed by atoms with Crippen LogP contribution in [0.3, 0.4) is 0 Å². The molecule has 26 heavy (non-hydrogen) atoms. The maximum absolute atomic E-state index is 13.1. The number of nitrogens with one attached hydrogen (secondary N) is 2. The van der Waals surface area contributed by atoms with Gasteiger partial charge in [-0.15, -0.1) is 24.0 Å². The van der Waals surface area contributed by atoms with Gasteiger partial charge in [-0.3, -0.25) is 4.99 Å². The molecule has 0 amide bonds. The van der Waals surface area contributed by atoms with Crippen LogP contribution in [0.4, 0.5) is 4.39 Å². The van der Waals surface area contributed by atoms with E-state index in [9.17, 15) is 9.50 Å². The van der Waals surface area contributed by atoms with Crippen molar-refractivity contribution in [3.63, 3.8) is 0 Å². The van der Waals surface area contributed by atoms with Gasteiger partial charge >= 0.3 is 0 Å². The van der Waals surface area contributed by atoms with E-state index in [1.165, 1.54) is 12.1 Å². The number of rotatable bonds is 8. The van der Waals surface area contributed by atoms with Crippen molar-refractivity contribution in [3.8, 4) is 0 Å². The molecule has 0 spiro atoms. The smallest absolute Gasteiger partial charge is 0.191 e. The molecule has 1 aliphatic rings. The van der Waals surface area contributed by atoms with Crippen LogP contribution in [0.25, 0.3) is 0 Å². The molecule has 148 valence electrons. The van der Waals surface area contributed by atoms with Gasteiger partial charge in [0.25, 0.3) is 0 Å². The summed E-state index contributed by atoms with van der Waals surface area (Å²) in [5.41, 5.74) is 0.824. The van der Waals surface area contributed by atoms with Crippen LogP contribution >= 0.6 is 35.6 Å². The average Bonchev–Trinajstić information content (AvgIpc) is 3.04. The number of ether oxygens (including phenoxy) is 1. The second-order valence-electron chi connectivity index (χ2n) is 6.38. The zero-order valence-electron chi connectivity index (χ0n) is 15.1. The summed E-state index contributed by atoms with van der Waals surface area (Å²) >= 11 is 6.06. The number of aliphatic imine (C=N–C) groups is 1. The number of benzene rings is 1. The third-order valence-corrected chi connectivity index (χ3v) is 4.80. The number of aliphatic hydroxyl groups is 1. The fourth-order valence-electron chi connectivity index (χ4n) is 2.92. The lowest BCUT2D eigenvalue weighted by Crippen LogP contribution is -2.39. The van der Waals surface area contributed by atoms with Gasteiger partial charge in [-0.1, -0.05) is 17.7 Å². The van der Waals surface area contributed by atoms with Crippen molar-refractivity contribution in [2.45, 2.75) is 26.2 Å². The first kappa shape index (κ1) is 23.4. The van der Waals surface area contributed by atoms with Crippen molar-refractivity contribution in [2.24, 2.45) is 10.4 Å². The molecular formula is C18H28ClFIN3O2. The number of hydrogen-bond acceptors (Lipinski definition) is 3. The Balaban J connectivity index is 0.00000338. The summed E-state index contributed by atoms with van der Waals surface area (Å²) in [5.74, 6) is 0.398. The molecule has 0 radical (unpaired) electrons. The Hall–Kier alpha value is -0.640. The highest BCUT2D eigenvalue weighted by Crippen LogP contribution is 2.32. The summed E-state index contributed by atoms with van der Waals surface area (Å²) in [4.78, 5) is 4.66. The number of aliphatic hydroxyl groups excluding tert-OH is 1. The molecule has 5 nitrogen and oxygen atoms in total. The Bertz CT molecular complexity index is 584. The minimum absolute atomic E-state index is 0. The third-order valence-electron chi connectivity index (χ3n) is 4.45. The molecule has 1 fully saturated rings. The van der Waals surface area contributed by atoms with Crippen LogP contribution in [0.1, 0.15) is 25.3 Å². The summed E-state index contributed by atoms with van der Waals surface area (Å²) in [6, 6.07) is 4.45.